The Hall–Kier alpha value is -0.530. The Bertz CT molecular complexity index is 245. The van der Waals surface area contributed by atoms with Crippen LogP contribution in [0.25, 0.3) is 6.08 Å². The van der Waals surface area contributed by atoms with E-state index >= 15 is 0 Å². The summed E-state index contributed by atoms with van der Waals surface area (Å²) in [7, 11) is 0. The summed E-state index contributed by atoms with van der Waals surface area (Å²) >= 11 is 11.0. The van der Waals surface area contributed by atoms with Gasteiger partial charge in [-0.15, -0.1) is 0 Å². The summed E-state index contributed by atoms with van der Waals surface area (Å²) in [4.78, 5) is 3.85. The topological polar surface area (TPSA) is 12.9 Å². The van der Waals surface area contributed by atoms with Crippen LogP contribution >= 0.6 is 23.2 Å². The van der Waals surface area contributed by atoms with Crippen LogP contribution in [0, 0.1) is 0 Å². The molecule has 1 aromatic heterocycles. The lowest BCUT2D eigenvalue weighted by Crippen LogP contribution is -1.76. The highest BCUT2D eigenvalue weighted by atomic mass is 35.5. The van der Waals surface area contributed by atoms with Crippen LogP contribution in [0.1, 0.15) is 5.56 Å². The van der Waals surface area contributed by atoms with E-state index in [4.69, 9.17) is 23.2 Å². The molecule has 0 saturated carbocycles. The molecular formula is C7H5Cl2N. The average Bonchev–Trinajstić information content (AvgIpc) is 1.94. The zero-order valence-electron chi connectivity index (χ0n) is 5.09. The molecule has 1 aromatic rings. The van der Waals surface area contributed by atoms with Crippen LogP contribution in [0.15, 0.2) is 23.9 Å². The van der Waals surface area contributed by atoms with Gasteiger partial charge in [0, 0.05) is 17.3 Å². The second kappa shape index (κ2) is 3.59. The first-order valence-electron chi connectivity index (χ1n) is 2.72. The van der Waals surface area contributed by atoms with Gasteiger partial charge in [0.2, 0.25) is 0 Å². The molecule has 0 fully saturated rings. The fourth-order valence-corrected chi connectivity index (χ4v) is 0.909. The van der Waals surface area contributed by atoms with E-state index in [9.17, 15) is 0 Å². The Labute approximate surface area is 69.3 Å². The van der Waals surface area contributed by atoms with Crippen molar-refractivity contribution < 1.29 is 0 Å². The summed E-state index contributed by atoms with van der Waals surface area (Å²) in [6.07, 6.45) is 3.32. The third-order valence-electron chi connectivity index (χ3n) is 1.03. The minimum absolute atomic E-state index is 0.472. The van der Waals surface area contributed by atoms with Crippen LogP contribution in [0.4, 0.5) is 0 Å². The number of aromatic nitrogens is 1. The van der Waals surface area contributed by atoms with E-state index in [0.717, 1.165) is 5.56 Å². The van der Waals surface area contributed by atoms with Gasteiger partial charge in [-0.3, -0.25) is 0 Å². The summed E-state index contributed by atoms with van der Waals surface area (Å²) in [5.41, 5.74) is 2.24. The van der Waals surface area contributed by atoms with Crippen LogP contribution < -0.4 is 0 Å². The van der Waals surface area contributed by atoms with Gasteiger partial charge in [0.1, 0.15) is 5.15 Å². The molecular weight excluding hydrogens is 169 g/mol. The van der Waals surface area contributed by atoms with Gasteiger partial charge in [-0.05, 0) is 12.1 Å². The lowest BCUT2D eigenvalue weighted by molar-refractivity contribution is 1.32. The molecule has 0 radical (unpaired) electrons. The van der Waals surface area contributed by atoms with Gasteiger partial charge in [-0.25, -0.2) is 4.98 Å². The molecule has 0 aliphatic heterocycles. The quantitative estimate of drug-likeness (QED) is 0.596. The van der Waals surface area contributed by atoms with E-state index in [1.807, 2.05) is 6.07 Å². The molecule has 0 aliphatic carbocycles. The molecule has 0 bridgehead atoms. The Morgan fingerprint density at radius 2 is 2.30 bits per heavy atom. The van der Waals surface area contributed by atoms with Crippen LogP contribution in [-0.2, 0) is 0 Å². The molecule has 0 spiro atoms. The molecule has 0 aromatic carbocycles. The number of pyridine rings is 1. The van der Waals surface area contributed by atoms with Crippen molar-refractivity contribution in [2.24, 2.45) is 0 Å². The largest absolute Gasteiger partial charge is 0.244 e. The van der Waals surface area contributed by atoms with Crippen molar-refractivity contribution in [3.05, 3.63) is 34.6 Å². The van der Waals surface area contributed by atoms with Crippen LogP contribution in [-0.4, -0.2) is 4.98 Å². The predicted molar refractivity (Wildman–Crippen MR) is 44.1 cm³/mol. The normalized spacial score (nSPS) is 10.6. The molecule has 0 saturated heterocycles. The molecule has 3 heteroatoms. The lowest BCUT2D eigenvalue weighted by Gasteiger charge is -1.92. The number of rotatable bonds is 1. The van der Waals surface area contributed by atoms with E-state index in [-0.39, 0.29) is 0 Å². The standard InChI is InChI=1S/C7H5Cl2N/c8-4-3-6-2-1-5-10-7(6)9/h1-5H. The van der Waals surface area contributed by atoms with Crippen molar-refractivity contribution in [3.63, 3.8) is 0 Å². The van der Waals surface area contributed by atoms with Crippen molar-refractivity contribution in [3.8, 4) is 0 Å². The maximum Gasteiger partial charge on any atom is 0.136 e. The minimum Gasteiger partial charge on any atom is -0.244 e. The van der Waals surface area contributed by atoms with E-state index in [1.54, 1.807) is 18.3 Å². The Balaban J connectivity index is 3.03. The Morgan fingerprint density at radius 3 is 2.90 bits per heavy atom. The molecule has 10 heavy (non-hydrogen) atoms. The molecule has 0 amide bonds. The second-order valence-electron chi connectivity index (χ2n) is 1.68. The first-order valence-corrected chi connectivity index (χ1v) is 3.53. The van der Waals surface area contributed by atoms with Gasteiger partial charge in [0.15, 0.2) is 0 Å². The van der Waals surface area contributed by atoms with Crippen molar-refractivity contribution in [1.82, 2.24) is 4.98 Å². The minimum atomic E-state index is 0.472. The number of nitrogens with zero attached hydrogens (tertiary/aromatic N) is 1. The van der Waals surface area contributed by atoms with Crippen molar-refractivity contribution in [1.29, 1.82) is 0 Å². The van der Waals surface area contributed by atoms with Gasteiger partial charge in [-0.2, -0.15) is 0 Å². The third kappa shape index (κ3) is 1.72. The highest BCUT2D eigenvalue weighted by Crippen LogP contribution is 2.12. The Kier molecular flexibility index (Phi) is 2.72. The maximum absolute atomic E-state index is 5.68. The smallest absolute Gasteiger partial charge is 0.136 e. The molecule has 0 unspecified atom stereocenters. The van der Waals surface area contributed by atoms with Gasteiger partial charge in [0.05, 0.1) is 0 Å². The van der Waals surface area contributed by atoms with E-state index < -0.39 is 0 Å². The van der Waals surface area contributed by atoms with E-state index in [2.05, 4.69) is 4.98 Å². The molecule has 1 heterocycles. The van der Waals surface area contributed by atoms with Crippen molar-refractivity contribution in [2.75, 3.05) is 0 Å². The average molecular weight is 174 g/mol. The first-order chi connectivity index (χ1) is 4.84. The van der Waals surface area contributed by atoms with Gasteiger partial charge in [0.25, 0.3) is 0 Å². The predicted octanol–water partition coefficient (Wildman–Crippen LogP) is 2.94. The second-order valence-corrected chi connectivity index (χ2v) is 2.29. The zero-order chi connectivity index (χ0) is 7.40. The molecule has 0 N–H and O–H groups in total. The summed E-state index contributed by atoms with van der Waals surface area (Å²) < 4.78 is 0. The van der Waals surface area contributed by atoms with E-state index in [0.29, 0.717) is 5.15 Å². The summed E-state index contributed by atoms with van der Waals surface area (Å²) in [5.74, 6) is 0. The van der Waals surface area contributed by atoms with Crippen molar-refractivity contribution >= 4 is 29.3 Å². The van der Waals surface area contributed by atoms with Crippen LogP contribution in [0.3, 0.4) is 0 Å². The lowest BCUT2D eigenvalue weighted by atomic mass is 10.3. The zero-order valence-corrected chi connectivity index (χ0v) is 6.60. The summed E-state index contributed by atoms with van der Waals surface area (Å²) in [6.45, 7) is 0. The summed E-state index contributed by atoms with van der Waals surface area (Å²) in [6, 6.07) is 3.65. The first kappa shape index (κ1) is 7.58. The van der Waals surface area contributed by atoms with Gasteiger partial charge >= 0.3 is 0 Å². The highest BCUT2D eigenvalue weighted by molar-refractivity contribution is 6.31. The third-order valence-corrected chi connectivity index (χ3v) is 1.47. The SMILES string of the molecule is ClC=Cc1cccnc1Cl. The van der Waals surface area contributed by atoms with Crippen LogP contribution in [0.2, 0.25) is 5.15 Å². The Morgan fingerprint density at radius 1 is 1.50 bits per heavy atom. The highest BCUT2D eigenvalue weighted by Gasteiger charge is 1.92. The number of hydrogen-bond acceptors (Lipinski definition) is 1. The van der Waals surface area contributed by atoms with Gasteiger partial charge < -0.3 is 0 Å². The number of hydrogen-bond donors (Lipinski definition) is 0. The fourth-order valence-electron chi connectivity index (χ4n) is 0.591. The fraction of sp³-hybridized carbons (Fsp3) is 0. The molecule has 52 valence electrons. The van der Waals surface area contributed by atoms with Crippen molar-refractivity contribution in [2.45, 2.75) is 0 Å². The maximum atomic E-state index is 5.68. The molecule has 1 rings (SSSR count). The van der Waals surface area contributed by atoms with Gasteiger partial charge in [-0.1, -0.05) is 29.3 Å². The van der Waals surface area contributed by atoms with Crippen LogP contribution in [0.5, 0.6) is 0 Å². The number of halogens is 2. The monoisotopic (exact) mass is 173 g/mol. The van der Waals surface area contributed by atoms with E-state index in [1.165, 1.54) is 5.54 Å². The molecule has 1 nitrogen and oxygen atoms in total. The molecule has 0 atom stereocenters. The summed E-state index contributed by atoms with van der Waals surface area (Å²) in [5, 5.41) is 0.472. The molecule has 0 aliphatic rings.